The first-order chi connectivity index (χ1) is 10.2. The van der Waals surface area contributed by atoms with Crippen molar-refractivity contribution in [2.45, 2.75) is 19.9 Å². The molecule has 0 amide bonds. The molecule has 0 fully saturated rings. The lowest BCUT2D eigenvalue weighted by molar-refractivity contribution is 0.846. The molecular weight excluding hydrogens is 399 g/mol. The van der Waals surface area contributed by atoms with Crippen LogP contribution in [0.2, 0.25) is 0 Å². The Morgan fingerprint density at radius 3 is 2.95 bits per heavy atom. The molecule has 5 nitrogen and oxygen atoms in total. The average molecular weight is 412 g/mol. The van der Waals surface area contributed by atoms with E-state index in [1.54, 1.807) is 0 Å². The van der Waals surface area contributed by atoms with Gasteiger partial charge in [0.25, 0.3) is 5.56 Å². The summed E-state index contributed by atoms with van der Waals surface area (Å²) < 4.78 is 2.51. The average Bonchev–Trinajstić information content (AvgIpc) is 2.90. The van der Waals surface area contributed by atoms with Crippen LogP contribution in [-0.4, -0.2) is 14.6 Å². The van der Waals surface area contributed by atoms with Gasteiger partial charge < -0.3 is 5.32 Å². The number of para-hydroxylation sites is 1. The zero-order valence-electron chi connectivity index (χ0n) is 11.3. The molecule has 108 valence electrons. The van der Waals surface area contributed by atoms with Gasteiger partial charge in [-0.2, -0.15) is 9.61 Å². The Labute approximate surface area is 139 Å². The fourth-order valence-electron chi connectivity index (χ4n) is 1.92. The number of halogens is 1. The number of anilines is 1. The van der Waals surface area contributed by atoms with E-state index >= 15 is 0 Å². The summed E-state index contributed by atoms with van der Waals surface area (Å²) in [6.45, 7) is 2.54. The molecule has 0 aliphatic heterocycles. The molecule has 0 aliphatic rings. The molecule has 2 aromatic heterocycles. The van der Waals surface area contributed by atoms with E-state index in [2.05, 4.69) is 38.0 Å². The highest BCUT2D eigenvalue weighted by Gasteiger charge is 2.08. The molecule has 21 heavy (non-hydrogen) atoms. The summed E-state index contributed by atoms with van der Waals surface area (Å²) in [5.41, 5.74) is 1.64. The monoisotopic (exact) mass is 412 g/mol. The number of rotatable bonds is 4. The molecule has 0 spiro atoms. The normalized spacial score (nSPS) is 11.0. The summed E-state index contributed by atoms with van der Waals surface area (Å²) in [5.74, 6) is 0. The van der Waals surface area contributed by atoms with Gasteiger partial charge >= 0.3 is 0 Å². The second kappa shape index (κ2) is 6.10. The molecule has 0 saturated heterocycles. The highest BCUT2D eigenvalue weighted by molar-refractivity contribution is 14.1. The van der Waals surface area contributed by atoms with Gasteiger partial charge in [0, 0.05) is 15.3 Å². The van der Waals surface area contributed by atoms with Gasteiger partial charge in [0.15, 0.2) is 0 Å². The highest BCUT2D eigenvalue weighted by Crippen LogP contribution is 2.18. The van der Waals surface area contributed by atoms with Crippen molar-refractivity contribution in [3.63, 3.8) is 0 Å². The maximum atomic E-state index is 12.0. The van der Waals surface area contributed by atoms with Crippen LogP contribution >= 0.6 is 33.9 Å². The predicted molar refractivity (Wildman–Crippen MR) is 93.0 cm³/mol. The molecule has 3 aromatic rings. The maximum Gasteiger partial charge on any atom is 0.275 e. The van der Waals surface area contributed by atoms with E-state index in [-0.39, 0.29) is 5.56 Å². The molecule has 0 unspecified atom stereocenters. The van der Waals surface area contributed by atoms with Crippen molar-refractivity contribution in [1.82, 2.24) is 14.6 Å². The number of aromatic nitrogens is 3. The van der Waals surface area contributed by atoms with Crippen LogP contribution in [0.15, 0.2) is 35.1 Å². The minimum Gasteiger partial charge on any atom is -0.379 e. The van der Waals surface area contributed by atoms with Crippen molar-refractivity contribution in [2.24, 2.45) is 0 Å². The van der Waals surface area contributed by atoms with Crippen LogP contribution in [0.3, 0.4) is 0 Å². The maximum absolute atomic E-state index is 12.0. The van der Waals surface area contributed by atoms with Gasteiger partial charge in [0.1, 0.15) is 5.01 Å². The Kier molecular flexibility index (Phi) is 4.20. The van der Waals surface area contributed by atoms with E-state index in [4.69, 9.17) is 0 Å². The van der Waals surface area contributed by atoms with E-state index in [1.165, 1.54) is 21.9 Å². The molecule has 0 bridgehead atoms. The Balaban J connectivity index is 1.87. The SMILES string of the molecule is CCc1nn2c(=O)cc(CNc3ccccc3I)nc2s1. The zero-order valence-corrected chi connectivity index (χ0v) is 14.3. The van der Waals surface area contributed by atoms with Gasteiger partial charge in [-0.25, -0.2) is 4.98 Å². The number of aryl methyl sites for hydroxylation is 1. The molecule has 1 N–H and O–H groups in total. The number of benzene rings is 1. The van der Waals surface area contributed by atoms with E-state index in [0.717, 1.165) is 26.4 Å². The molecule has 0 radical (unpaired) electrons. The lowest BCUT2D eigenvalue weighted by Crippen LogP contribution is -2.17. The zero-order chi connectivity index (χ0) is 14.8. The summed E-state index contributed by atoms with van der Waals surface area (Å²) in [6.07, 6.45) is 0.809. The van der Waals surface area contributed by atoms with Gasteiger partial charge in [0.05, 0.1) is 12.2 Å². The summed E-state index contributed by atoms with van der Waals surface area (Å²) in [7, 11) is 0. The van der Waals surface area contributed by atoms with Crippen LogP contribution < -0.4 is 10.9 Å². The van der Waals surface area contributed by atoms with Crippen molar-refractivity contribution in [3.05, 3.63) is 55.0 Å². The van der Waals surface area contributed by atoms with E-state index in [9.17, 15) is 4.79 Å². The van der Waals surface area contributed by atoms with Crippen LogP contribution in [0.4, 0.5) is 5.69 Å². The minimum atomic E-state index is -0.129. The number of nitrogens with zero attached hydrogens (tertiary/aromatic N) is 3. The fraction of sp³-hybridized carbons (Fsp3) is 0.214. The van der Waals surface area contributed by atoms with Gasteiger partial charge in [0.2, 0.25) is 4.96 Å². The summed E-state index contributed by atoms with van der Waals surface area (Å²) in [5, 5.41) is 8.47. The Morgan fingerprint density at radius 2 is 2.19 bits per heavy atom. The fourth-order valence-corrected chi connectivity index (χ4v) is 3.36. The van der Waals surface area contributed by atoms with E-state index in [0.29, 0.717) is 11.5 Å². The second-order valence-electron chi connectivity index (χ2n) is 4.46. The lowest BCUT2D eigenvalue weighted by atomic mass is 10.3. The third kappa shape index (κ3) is 3.08. The van der Waals surface area contributed by atoms with Gasteiger partial charge in [-0.3, -0.25) is 4.79 Å². The molecule has 0 saturated carbocycles. The molecule has 1 aromatic carbocycles. The third-order valence-electron chi connectivity index (χ3n) is 2.98. The minimum absolute atomic E-state index is 0.129. The van der Waals surface area contributed by atoms with Gasteiger partial charge in [-0.15, -0.1) is 0 Å². The third-order valence-corrected chi connectivity index (χ3v) is 4.97. The van der Waals surface area contributed by atoms with Crippen LogP contribution in [-0.2, 0) is 13.0 Å². The summed E-state index contributed by atoms with van der Waals surface area (Å²) in [4.78, 5) is 17.2. The van der Waals surface area contributed by atoms with Crippen molar-refractivity contribution in [3.8, 4) is 0 Å². The van der Waals surface area contributed by atoms with Crippen molar-refractivity contribution < 1.29 is 0 Å². The van der Waals surface area contributed by atoms with Gasteiger partial charge in [-0.1, -0.05) is 30.4 Å². The van der Waals surface area contributed by atoms with Gasteiger partial charge in [-0.05, 0) is 41.1 Å². The first-order valence-electron chi connectivity index (χ1n) is 6.54. The summed E-state index contributed by atoms with van der Waals surface area (Å²) in [6, 6.07) is 9.55. The molecular formula is C14H13IN4OS. The molecule has 7 heteroatoms. The molecule has 0 aliphatic carbocycles. The smallest absolute Gasteiger partial charge is 0.275 e. The second-order valence-corrected chi connectivity index (χ2v) is 6.67. The number of nitrogens with one attached hydrogen (secondary N) is 1. The van der Waals surface area contributed by atoms with Crippen molar-refractivity contribution >= 4 is 44.6 Å². The lowest BCUT2D eigenvalue weighted by Gasteiger charge is -2.07. The Bertz CT molecular complexity index is 842. The molecule has 2 heterocycles. The van der Waals surface area contributed by atoms with Crippen LogP contribution in [0, 0.1) is 3.57 Å². The Hall–Kier alpha value is -1.48. The quantitative estimate of drug-likeness (QED) is 0.670. The standard InChI is InChI=1S/C14H13IN4OS/c1-2-12-18-19-13(20)7-9(17-14(19)21-12)8-16-11-6-4-3-5-10(11)15/h3-7,16H,2,8H2,1H3. The first-order valence-corrected chi connectivity index (χ1v) is 8.44. The predicted octanol–water partition coefficient (Wildman–Crippen LogP) is 2.93. The number of hydrogen-bond donors (Lipinski definition) is 1. The highest BCUT2D eigenvalue weighted by atomic mass is 127. The first kappa shape index (κ1) is 14.5. The van der Waals surface area contributed by atoms with E-state index < -0.39 is 0 Å². The number of fused-ring (bicyclic) bond motifs is 1. The topological polar surface area (TPSA) is 59.3 Å². The number of hydrogen-bond acceptors (Lipinski definition) is 5. The van der Waals surface area contributed by atoms with Crippen LogP contribution in [0.5, 0.6) is 0 Å². The summed E-state index contributed by atoms with van der Waals surface area (Å²) >= 11 is 3.74. The molecule has 3 rings (SSSR count). The van der Waals surface area contributed by atoms with Crippen molar-refractivity contribution in [2.75, 3.05) is 5.32 Å². The van der Waals surface area contributed by atoms with Crippen molar-refractivity contribution in [1.29, 1.82) is 0 Å². The van der Waals surface area contributed by atoms with Crippen LogP contribution in [0.1, 0.15) is 17.6 Å². The Morgan fingerprint density at radius 1 is 1.38 bits per heavy atom. The largest absolute Gasteiger partial charge is 0.379 e. The van der Waals surface area contributed by atoms with E-state index in [1.807, 2.05) is 31.2 Å². The molecule has 0 atom stereocenters. The van der Waals surface area contributed by atoms with Crippen LogP contribution in [0.25, 0.3) is 4.96 Å².